The first kappa shape index (κ1) is 30.2. The quantitative estimate of drug-likeness (QED) is 0.219. The highest BCUT2D eigenvalue weighted by Crippen LogP contribution is 2.51. The Morgan fingerprint density at radius 3 is 2.26 bits per heavy atom. The minimum atomic E-state index is -2.78. The van der Waals surface area contributed by atoms with Crippen LogP contribution in [0.3, 0.4) is 0 Å². The van der Waals surface area contributed by atoms with Gasteiger partial charge in [-0.3, -0.25) is 33.7 Å². The van der Waals surface area contributed by atoms with Crippen LogP contribution in [0, 0.1) is 23.7 Å². The second kappa shape index (κ2) is 10.8. The van der Waals surface area contributed by atoms with Gasteiger partial charge in [0.2, 0.25) is 11.8 Å². The number of nitrogens with two attached hydrogens (primary N) is 1. The van der Waals surface area contributed by atoms with Gasteiger partial charge in [-0.1, -0.05) is 18.2 Å². The fourth-order valence-corrected chi connectivity index (χ4v) is 7.02. The summed E-state index contributed by atoms with van der Waals surface area (Å²) in [4.78, 5) is 80.0. The molecule has 6 N–H and O–H groups in total. The maximum Gasteiger partial charge on any atom is 0.240 e. The number of phenols is 1. The lowest BCUT2D eigenvalue weighted by atomic mass is 9.52. The third-order valence-electron chi connectivity index (χ3n) is 8.80. The van der Waals surface area contributed by atoms with Gasteiger partial charge in [0.05, 0.1) is 17.5 Å². The van der Waals surface area contributed by atoms with Gasteiger partial charge in [-0.15, -0.1) is 0 Å². The second-order valence-electron chi connectivity index (χ2n) is 11.7. The Morgan fingerprint density at radius 1 is 1.02 bits per heavy atom. The third kappa shape index (κ3) is 4.74. The SMILES string of the molecule is CN(O)CC(=O)Nc1ccc(-c2ccc(O)c3c2C[C@H]2C[C@H]4C(N(C)C)C(=O)C(C(N)=O)C(=O)[C@@]4(O)C(=O)C2C3=O)cc1. The van der Waals surface area contributed by atoms with Crippen LogP contribution >= 0.6 is 0 Å². The number of Topliss-reactive ketones (excluding diaryl/α,β-unsaturated/α-hetero) is 4. The van der Waals surface area contributed by atoms with Crippen LogP contribution in [0.15, 0.2) is 36.4 Å². The van der Waals surface area contributed by atoms with E-state index in [1.165, 1.54) is 32.1 Å². The van der Waals surface area contributed by atoms with E-state index >= 15 is 0 Å². The van der Waals surface area contributed by atoms with Crippen LogP contribution in [0.2, 0.25) is 0 Å². The minimum absolute atomic E-state index is 0.0523. The summed E-state index contributed by atoms with van der Waals surface area (Å²) in [7, 11) is 4.39. The average molecular weight is 593 g/mol. The van der Waals surface area contributed by atoms with Gasteiger partial charge in [-0.25, -0.2) is 0 Å². The number of hydroxylamine groups is 2. The summed E-state index contributed by atoms with van der Waals surface area (Å²) < 4.78 is 0. The molecule has 0 bridgehead atoms. The number of ketones is 4. The van der Waals surface area contributed by atoms with Crippen LogP contribution < -0.4 is 11.1 Å². The minimum Gasteiger partial charge on any atom is -0.507 e. The number of benzene rings is 2. The Labute approximate surface area is 246 Å². The van der Waals surface area contributed by atoms with Crippen LogP contribution in [0.25, 0.3) is 11.1 Å². The number of carbonyl (C=O) groups excluding carboxylic acids is 6. The monoisotopic (exact) mass is 592 g/mol. The highest BCUT2D eigenvalue weighted by Gasteiger charge is 2.69. The molecule has 3 unspecified atom stereocenters. The third-order valence-corrected chi connectivity index (χ3v) is 8.80. The van der Waals surface area contributed by atoms with Crippen molar-refractivity contribution in [3.8, 4) is 16.9 Å². The molecule has 226 valence electrons. The van der Waals surface area contributed by atoms with E-state index in [9.17, 15) is 44.2 Å². The summed E-state index contributed by atoms with van der Waals surface area (Å²) in [6.45, 7) is -0.234. The smallest absolute Gasteiger partial charge is 0.240 e. The van der Waals surface area contributed by atoms with E-state index in [1.807, 2.05) is 0 Å². The van der Waals surface area contributed by atoms with Gasteiger partial charge in [-0.2, -0.15) is 5.06 Å². The predicted molar refractivity (Wildman–Crippen MR) is 150 cm³/mol. The lowest BCUT2D eigenvalue weighted by molar-refractivity contribution is -0.181. The van der Waals surface area contributed by atoms with Crippen LogP contribution in [-0.2, 0) is 30.4 Å². The van der Waals surface area contributed by atoms with Crippen molar-refractivity contribution in [2.24, 2.45) is 29.4 Å². The summed E-state index contributed by atoms with van der Waals surface area (Å²) in [5.41, 5.74) is 4.63. The van der Waals surface area contributed by atoms with Crippen molar-refractivity contribution in [3.63, 3.8) is 0 Å². The molecule has 43 heavy (non-hydrogen) atoms. The molecule has 3 aliphatic rings. The molecular formula is C30H32N4O9. The van der Waals surface area contributed by atoms with Gasteiger partial charge in [0.25, 0.3) is 0 Å². The number of nitrogens with zero attached hydrogens (tertiary/aromatic N) is 2. The zero-order valence-corrected chi connectivity index (χ0v) is 23.7. The van der Waals surface area contributed by atoms with E-state index in [0.29, 0.717) is 22.4 Å². The molecule has 0 aromatic heterocycles. The van der Waals surface area contributed by atoms with Crippen LogP contribution in [-0.4, -0.2) is 99.7 Å². The molecule has 0 spiro atoms. The zero-order valence-electron chi connectivity index (χ0n) is 23.7. The number of likely N-dealkylation sites (N-methyl/N-ethyl adjacent to an activating group) is 2. The van der Waals surface area contributed by atoms with E-state index in [1.54, 1.807) is 30.3 Å². The number of aromatic hydroxyl groups is 1. The molecule has 3 aliphatic carbocycles. The van der Waals surface area contributed by atoms with Gasteiger partial charge in [0.15, 0.2) is 34.7 Å². The van der Waals surface area contributed by atoms with E-state index in [0.717, 1.165) is 5.06 Å². The molecule has 13 nitrogen and oxygen atoms in total. The van der Waals surface area contributed by atoms with E-state index in [2.05, 4.69) is 5.32 Å². The van der Waals surface area contributed by atoms with Crippen molar-refractivity contribution in [3.05, 3.63) is 47.5 Å². The molecule has 0 heterocycles. The molecule has 6 atom stereocenters. The maximum absolute atomic E-state index is 13.9. The number of primary amides is 1. The zero-order chi connectivity index (χ0) is 31.5. The Hall–Kier alpha value is -4.30. The summed E-state index contributed by atoms with van der Waals surface area (Å²) in [5.74, 6) is -11.5. The van der Waals surface area contributed by atoms with Gasteiger partial charge < -0.3 is 26.5 Å². The number of phenolic OH excluding ortho intramolecular Hbond substituents is 1. The molecule has 0 aliphatic heterocycles. The first-order valence-corrected chi connectivity index (χ1v) is 13.7. The molecular weight excluding hydrogens is 560 g/mol. The van der Waals surface area contributed by atoms with Crippen molar-refractivity contribution in [2.45, 2.75) is 24.5 Å². The number of rotatable bonds is 6. The first-order valence-electron chi connectivity index (χ1n) is 13.7. The predicted octanol–water partition coefficient (Wildman–Crippen LogP) is -0.206. The van der Waals surface area contributed by atoms with Gasteiger partial charge in [0.1, 0.15) is 12.3 Å². The molecule has 0 saturated heterocycles. The average Bonchev–Trinajstić information content (AvgIpc) is 2.90. The topological polar surface area (TPSA) is 208 Å². The lowest BCUT2D eigenvalue weighted by Gasteiger charge is -2.52. The Morgan fingerprint density at radius 2 is 1.67 bits per heavy atom. The number of amides is 2. The van der Waals surface area contributed by atoms with Gasteiger partial charge in [0, 0.05) is 18.7 Å². The molecule has 13 heteroatoms. The van der Waals surface area contributed by atoms with Crippen LogP contribution in [0.1, 0.15) is 22.3 Å². The lowest BCUT2D eigenvalue weighted by Crippen LogP contribution is -2.74. The van der Waals surface area contributed by atoms with E-state index < -0.39 is 70.3 Å². The first-order chi connectivity index (χ1) is 20.2. The van der Waals surface area contributed by atoms with Gasteiger partial charge in [-0.05, 0) is 67.7 Å². The Kier molecular flexibility index (Phi) is 7.55. The van der Waals surface area contributed by atoms with Crippen molar-refractivity contribution < 1.29 is 44.2 Å². The summed E-state index contributed by atoms with van der Waals surface area (Å²) in [6, 6.07) is 8.45. The van der Waals surface area contributed by atoms with E-state index in [-0.39, 0.29) is 30.7 Å². The Bertz CT molecular complexity index is 1570. The number of fused-ring (bicyclic) bond motifs is 3. The molecule has 5 rings (SSSR count). The number of nitrogens with one attached hydrogen (secondary N) is 1. The Balaban J connectivity index is 1.54. The number of carbonyl (C=O) groups is 6. The van der Waals surface area contributed by atoms with Crippen molar-refractivity contribution in [2.75, 3.05) is 33.0 Å². The molecule has 2 aromatic carbocycles. The van der Waals surface area contributed by atoms with Crippen LogP contribution in [0.5, 0.6) is 5.75 Å². The molecule has 2 fully saturated rings. The normalized spacial score (nSPS) is 28.4. The maximum atomic E-state index is 13.9. The highest BCUT2D eigenvalue weighted by atomic mass is 16.5. The van der Waals surface area contributed by atoms with Crippen molar-refractivity contribution >= 4 is 40.6 Å². The molecule has 0 radical (unpaired) electrons. The summed E-state index contributed by atoms with van der Waals surface area (Å²) in [6.07, 6.45) is 0.0696. The fraction of sp³-hybridized carbons (Fsp3) is 0.400. The number of hydrogen-bond acceptors (Lipinski definition) is 11. The second-order valence-corrected chi connectivity index (χ2v) is 11.7. The molecule has 2 saturated carbocycles. The fourth-order valence-electron chi connectivity index (χ4n) is 7.02. The molecule has 2 aromatic rings. The number of anilines is 1. The summed E-state index contributed by atoms with van der Waals surface area (Å²) >= 11 is 0. The van der Waals surface area contributed by atoms with Crippen molar-refractivity contribution in [1.82, 2.24) is 9.96 Å². The standard InChI is InChI=1S/C30H32N4O9/c1-33(2)24-18-11-14-10-17-16(13-4-6-15(7-5-13)32-20(36)12-34(3)43)8-9-19(35)22(17)25(37)21(14)27(39)30(18,42)28(40)23(26(24)38)29(31)41/h4-9,14,18,21,23-24,35,42-43H,10-12H2,1-3H3,(H2,31,41)(H,32,36)/t14-,18-,21?,23?,24?,30-/m0/s1. The number of aliphatic hydroxyl groups is 1. The van der Waals surface area contributed by atoms with Gasteiger partial charge >= 0.3 is 0 Å². The van der Waals surface area contributed by atoms with Crippen LogP contribution in [0.4, 0.5) is 5.69 Å². The largest absolute Gasteiger partial charge is 0.507 e. The van der Waals surface area contributed by atoms with E-state index in [4.69, 9.17) is 5.73 Å². The summed E-state index contributed by atoms with van der Waals surface area (Å²) in [5, 5.41) is 35.1. The molecule has 2 amide bonds. The number of hydrogen-bond donors (Lipinski definition) is 5. The highest BCUT2D eigenvalue weighted by molar-refractivity contribution is 6.32. The van der Waals surface area contributed by atoms with Crippen molar-refractivity contribution in [1.29, 1.82) is 0 Å².